The van der Waals surface area contributed by atoms with Crippen molar-refractivity contribution in [3.8, 4) is 0 Å². The van der Waals surface area contributed by atoms with Crippen LogP contribution < -0.4 is 11.0 Å². The van der Waals surface area contributed by atoms with Crippen molar-refractivity contribution in [3.63, 3.8) is 0 Å². The molecule has 1 aromatic carbocycles. The van der Waals surface area contributed by atoms with Gasteiger partial charge in [-0.15, -0.1) is 0 Å². The van der Waals surface area contributed by atoms with E-state index in [9.17, 15) is 14.7 Å². The summed E-state index contributed by atoms with van der Waals surface area (Å²) in [5.41, 5.74) is 4.60. The Balaban J connectivity index is 3.34. The molecule has 0 aliphatic rings. The van der Waals surface area contributed by atoms with E-state index < -0.39 is 23.5 Å². The van der Waals surface area contributed by atoms with E-state index in [4.69, 9.17) is 15.5 Å². The van der Waals surface area contributed by atoms with Gasteiger partial charge in [0.2, 0.25) is 0 Å². The lowest BCUT2D eigenvalue weighted by atomic mass is 10.3. The summed E-state index contributed by atoms with van der Waals surface area (Å²) < 4.78 is 10.8. The molecule has 7 nitrogen and oxygen atoms in total. The normalized spacial score (nSPS) is 11.3. The molecule has 0 saturated heterocycles. The highest BCUT2D eigenvalue weighted by Crippen LogP contribution is 2.35. The Labute approximate surface area is 78.5 Å². The van der Waals surface area contributed by atoms with Gasteiger partial charge in [-0.25, -0.2) is 0 Å². The highest BCUT2D eigenvalue weighted by molar-refractivity contribution is 7.60. The third-order valence-electron chi connectivity index (χ3n) is 1.55. The third kappa shape index (κ3) is 2.08. The van der Waals surface area contributed by atoms with Gasteiger partial charge in [0, 0.05) is 6.07 Å². The molecular weight excluding hydrogens is 211 g/mol. The van der Waals surface area contributed by atoms with Crippen molar-refractivity contribution in [1.82, 2.24) is 0 Å². The largest absolute Gasteiger partial charge is 0.393 e. The Hall–Kier alpha value is -1.43. The standard InChI is InChI=1S/C6H7N2O5P/c7-5-2-1-4(14(11,12)13)3-6(5)8(9)10/h1-3H,7H2,(H2,11,12,13). The van der Waals surface area contributed by atoms with Gasteiger partial charge in [0.25, 0.3) is 5.69 Å². The lowest BCUT2D eigenvalue weighted by molar-refractivity contribution is -0.383. The van der Waals surface area contributed by atoms with Crippen molar-refractivity contribution < 1.29 is 19.3 Å². The lowest BCUT2D eigenvalue weighted by Crippen LogP contribution is -2.06. The average Bonchev–Trinajstić information content (AvgIpc) is 2.02. The van der Waals surface area contributed by atoms with E-state index in [0.717, 1.165) is 18.2 Å². The first-order chi connectivity index (χ1) is 6.32. The lowest BCUT2D eigenvalue weighted by Gasteiger charge is -2.04. The van der Waals surface area contributed by atoms with Gasteiger partial charge in [-0.1, -0.05) is 0 Å². The highest BCUT2D eigenvalue weighted by Gasteiger charge is 2.21. The van der Waals surface area contributed by atoms with Crippen LogP contribution in [0.25, 0.3) is 0 Å². The van der Waals surface area contributed by atoms with E-state index >= 15 is 0 Å². The maximum Gasteiger partial charge on any atom is 0.356 e. The van der Waals surface area contributed by atoms with Gasteiger partial charge in [-0.2, -0.15) is 0 Å². The quantitative estimate of drug-likeness (QED) is 0.277. The topological polar surface area (TPSA) is 127 Å². The molecular formula is C6H7N2O5P. The van der Waals surface area contributed by atoms with Gasteiger partial charge in [0.1, 0.15) is 5.69 Å². The number of hydrogen-bond donors (Lipinski definition) is 3. The smallest absolute Gasteiger partial charge is 0.356 e. The van der Waals surface area contributed by atoms with Crippen LogP contribution in [0.5, 0.6) is 0 Å². The van der Waals surface area contributed by atoms with Crippen LogP contribution in [0.3, 0.4) is 0 Å². The number of nitrogens with two attached hydrogens (primary N) is 1. The zero-order valence-corrected chi connectivity index (χ0v) is 7.72. The second kappa shape index (κ2) is 3.38. The van der Waals surface area contributed by atoms with Crippen molar-refractivity contribution in [3.05, 3.63) is 28.3 Å². The minimum Gasteiger partial charge on any atom is -0.393 e. The van der Waals surface area contributed by atoms with Gasteiger partial charge in [0.05, 0.1) is 10.2 Å². The third-order valence-corrected chi connectivity index (χ3v) is 2.50. The molecule has 0 heterocycles. The molecule has 0 radical (unpaired) electrons. The molecule has 0 saturated carbocycles. The number of nitrogens with zero attached hydrogens (tertiary/aromatic N) is 1. The number of benzene rings is 1. The van der Waals surface area contributed by atoms with Gasteiger partial charge >= 0.3 is 7.60 Å². The minimum absolute atomic E-state index is 0.132. The van der Waals surface area contributed by atoms with E-state index in [-0.39, 0.29) is 5.69 Å². The van der Waals surface area contributed by atoms with Gasteiger partial charge in [-0.05, 0) is 12.1 Å². The molecule has 8 heteroatoms. The molecule has 14 heavy (non-hydrogen) atoms. The molecule has 0 spiro atoms. The van der Waals surface area contributed by atoms with E-state index in [1.807, 2.05) is 0 Å². The summed E-state index contributed by atoms with van der Waals surface area (Å²) >= 11 is 0. The predicted octanol–water partition coefficient (Wildman–Crippen LogP) is -0.0200. The molecule has 0 unspecified atom stereocenters. The fourth-order valence-electron chi connectivity index (χ4n) is 0.871. The van der Waals surface area contributed by atoms with Crippen LogP contribution >= 0.6 is 7.60 Å². The van der Waals surface area contributed by atoms with E-state index in [1.54, 1.807) is 0 Å². The van der Waals surface area contributed by atoms with Gasteiger partial charge in [0.15, 0.2) is 0 Å². The van der Waals surface area contributed by atoms with Crippen LogP contribution in [0.4, 0.5) is 11.4 Å². The SMILES string of the molecule is Nc1ccc(P(=O)(O)O)cc1[N+](=O)[O-]. The summed E-state index contributed by atoms with van der Waals surface area (Å²) in [6, 6.07) is 2.92. The molecule has 0 bridgehead atoms. The molecule has 0 aliphatic heterocycles. The molecule has 0 atom stereocenters. The summed E-state index contributed by atoms with van der Waals surface area (Å²) in [7, 11) is -4.46. The predicted molar refractivity (Wildman–Crippen MR) is 49.2 cm³/mol. The molecule has 4 N–H and O–H groups in total. The number of rotatable bonds is 2. The van der Waals surface area contributed by atoms with Crippen LogP contribution in [-0.2, 0) is 4.57 Å². The van der Waals surface area contributed by atoms with E-state index in [0.29, 0.717) is 0 Å². The Morgan fingerprint density at radius 3 is 2.43 bits per heavy atom. The summed E-state index contributed by atoms with van der Waals surface area (Å²) in [4.78, 5) is 27.0. The monoisotopic (exact) mass is 218 g/mol. The summed E-state index contributed by atoms with van der Waals surface area (Å²) in [5.74, 6) is 0. The van der Waals surface area contributed by atoms with Crippen molar-refractivity contribution in [2.24, 2.45) is 0 Å². The molecule has 0 fully saturated rings. The van der Waals surface area contributed by atoms with Crippen molar-refractivity contribution >= 4 is 24.3 Å². The number of nitro groups is 1. The van der Waals surface area contributed by atoms with Crippen molar-refractivity contribution in [2.75, 3.05) is 5.73 Å². The van der Waals surface area contributed by atoms with Crippen LogP contribution in [0.1, 0.15) is 0 Å². The van der Waals surface area contributed by atoms with Crippen LogP contribution in [-0.4, -0.2) is 14.7 Å². The van der Waals surface area contributed by atoms with Crippen LogP contribution in [0.2, 0.25) is 0 Å². The molecule has 76 valence electrons. The number of anilines is 1. The summed E-state index contributed by atoms with van der Waals surface area (Å²) in [6.45, 7) is 0. The molecule has 0 amide bonds. The zero-order valence-electron chi connectivity index (χ0n) is 6.82. The van der Waals surface area contributed by atoms with E-state index in [1.165, 1.54) is 0 Å². The van der Waals surface area contributed by atoms with Crippen LogP contribution in [0, 0.1) is 10.1 Å². The summed E-state index contributed by atoms with van der Waals surface area (Å²) in [5, 5.41) is 9.96. The van der Waals surface area contributed by atoms with Gasteiger partial charge in [-0.3, -0.25) is 14.7 Å². The summed E-state index contributed by atoms with van der Waals surface area (Å²) in [6.07, 6.45) is 0. The molecule has 1 aromatic rings. The van der Waals surface area contributed by atoms with E-state index in [2.05, 4.69) is 0 Å². The first kappa shape index (κ1) is 10.6. The van der Waals surface area contributed by atoms with Crippen LogP contribution in [0.15, 0.2) is 18.2 Å². The van der Waals surface area contributed by atoms with Crippen molar-refractivity contribution in [2.45, 2.75) is 0 Å². The Bertz CT molecular complexity index is 426. The minimum atomic E-state index is -4.46. The number of hydrogen-bond acceptors (Lipinski definition) is 4. The zero-order chi connectivity index (χ0) is 10.9. The first-order valence-corrected chi connectivity index (χ1v) is 5.03. The fourth-order valence-corrected chi connectivity index (χ4v) is 1.43. The maximum atomic E-state index is 10.8. The second-order valence-corrected chi connectivity index (χ2v) is 4.15. The highest BCUT2D eigenvalue weighted by atomic mass is 31.2. The number of nitro benzene ring substituents is 1. The Morgan fingerprint density at radius 1 is 1.43 bits per heavy atom. The molecule has 0 aliphatic carbocycles. The second-order valence-electron chi connectivity index (χ2n) is 2.54. The molecule has 1 rings (SSSR count). The molecule has 0 aromatic heterocycles. The van der Waals surface area contributed by atoms with Crippen molar-refractivity contribution in [1.29, 1.82) is 0 Å². The number of nitrogen functional groups attached to an aromatic ring is 1. The maximum absolute atomic E-state index is 10.8. The van der Waals surface area contributed by atoms with Gasteiger partial charge < -0.3 is 15.5 Å². The Kier molecular flexibility index (Phi) is 2.57. The fraction of sp³-hybridized carbons (Fsp3) is 0. The Morgan fingerprint density at radius 2 is 2.00 bits per heavy atom. The first-order valence-electron chi connectivity index (χ1n) is 3.42. The average molecular weight is 218 g/mol.